The largest absolute Gasteiger partial charge is 0.509 e. The van der Waals surface area contributed by atoms with Gasteiger partial charge in [0.2, 0.25) is 5.91 Å². The summed E-state index contributed by atoms with van der Waals surface area (Å²) in [7, 11) is 0. The van der Waals surface area contributed by atoms with Crippen LogP contribution < -0.4 is 16.6 Å². The number of benzene rings is 2. The Balaban J connectivity index is 1.24. The Morgan fingerprint density at radius 2 is 1.83 bits per heavy atom. The molecule has 1 aliphatic rings. The van der Waals surface area contributed by atoms with Crippen molar-refractivity contribution in [2.75, 3.05) is 11.9 Å². The van der Waals surface area contributed by atoms with E-state index in [9.17, 15) is 19.5 Å². The molecule has 3 heterocycles. The maximum absolute atomic E-state index is 13.3. The number of carbonyl (C=O) groups is 2. The average molecular weight is 627 g/mol. The van der Waals surface area contributed by atoms with Crippen LogP contribution in [-0.4, -0.2) is 33.3 Å². The van der Waals surface area contributed by atoms with Gasteiger partial charge in [-0.15, -0.1) is 0 Å². The highest BCUT2D eigenvalue weighted by molar-refractivity contribution is 5.92. The number of pyridine rings is 2. The number of hydrogen-bond donors (Lipinski definition) is 3. The number of carbonyl (C=O) groups excluding carboxylic acids is 2. The van der Waals surface area contributed by atoms with Gasteiger partial charge in [0, 0.05) is 34.2 Å². The molecule has 0 saturated heterocycles. The number of nitrogens with zero attached hydrogens (tertiary/aromatic N) is 2. The Kier molecular flexibility index (Phi) is 10.4. The number of aromatic nitrogens is 2. The van der Waals surface area contributed by atoms with E-state index in [2.05, 4.69) is 5.32 Å². The minimum Gasteiger partial charge on any atom is -0.508 e. The molecule has 242 valence electrons. The number of phenols is 1. The van der Waals surface area contributed by atoms with E-state index in [-0.39, 0.29) is 29.7 Å². The molecule has 1 aliphatic heterocycles. The lowest BCUT2D eigenvalue weighted by atomic mass is 9.98. The average Bonchev–Trinajstić information content (AvgIpc) is 3.42. The Hall–Kier alpha value is -4.70. The molecule has 5 rings (SSSR count). The van der Waals surface area contributed by atoms with Gasteiger partial charge in [0.25, 0.3) is 5.56 Å². The molecule has 0 saturated carbocycles. The summed E-state index contributed by atoms with van der Waals surface area (Å²) in [6.07, 6.45) is 3.03. The molecule has 0 fully saturated rings. The Bertz CT molecular complexity index is 1780. The summed E-state index contributed by atoms with van der Waals surface area (Å²) >= 11 is 0. The van der Waals surface area contributed by atoms with Crippen molar-refractivity contribution < 1.29 is 24.2 Å². The van der Waals surface area contributed by atoms with E-state index < -0.39 is 12.3 Å². The third-order valence-electron chi connectivity index (χ3n) is 8.68. The van der Waals surface area contributed by atoms with Gasteiger partial charge >= 0.3 is 6.16 Å². The van der Waals surface area contributed by atoms with Gasteiger partial charge in [-0.2, -0.15) is 0 Å². The first-order chi connectivity index (χ1) is 22.3. The van der Waals surface area contributed by atoms with Crippen LogP contribution in [0.3, 0.4) is 0 Å². The lowest BCUT2D eigenvalue weighted by Gasteiger charge is -2.17. The molecule has 0 radical (unpaired) electrons. The van der Waals surface area contributed by atoms with E-state index in [1.165, 1.54) is 6.07 Å². The number of nitrogens with two attached hydrogens (primary N) is 1. The zero-order valence-corrected chi connectivity index (χ0v) is 26.7. The summed E-state index contributed by atoms with van der Waals surface area (Å²) in [6, 6.07) is 15.6. The standard InChI is InChI=1S/C36H42N4O6/c1-4-23(9-7-8-16-37)35(43)38-25-12-10-22(11-13-25)21-45-36(44)46-32(6-3)24-17-31-34-29(20-40(31)33(42)18-24)27(5-2)28-19-26(41)14-15-30(28)39-34/h10-15,17-19,23,32,41H,4-9,16,20-21,37H2,1-3H3,(H,38,43)/t23-,32-/m0/s1. The number of fused-ring (bicyclic) bond motifs is 4. The molecule has 2 aromatic carbocycles. The van der Waals surface area contributed by atoms with Crippen LogP contribution in [-0.2, 0) is 33.8 Å². The minimum atomic E-state index is -0.842. The summed E-state index contributed by atoms with van der Waals surface area (Å²) in [5.41, 5.74) is 11.5. The molecule has 46 heavy (non-hydrogen) atoms. The number of amides is 1. The van der Waals surface area contributed by atoms with E-state index in [0.717, 1.165) is 65.4 Å². The van der Waals surface area contributed by atoms with Crippen molar-refractivity contribution in [3.8, 4) is 17.1 Å². The van der Waals surface area contributed by atoms with Crippen molar-refractivity contribution in [1.29, 1.82) is 0 Å². The molecule has 0 aliphatic carbocycles. The van der Waals surface area contributed by atoms with Crippen LogP contribution >= 0.6 is 0 Å². The Labute approximate surface area is 268 Å². The van der Waals surface area contributed by atoms with Gasteiger partial charge in [0.05, 0.1) is 23.4 Å². The fraction of sp³-hybridized carbons (Fsp3) is 0.389. The summed E-state index contributed by atoms with van der Waals surface area (Å²) in [5.74, 6) is 0.0974. The third kappa shape index (κ3) is 7.07. The van der Waals surface area contributed by atoms with Crippen LogP contribution in [0.4, 0.5) is 10.5 Å². The number of aryl methyl sites for hydroxylation is 1. The number of hydrogen-bond acceptors (Lipinski definition) is 8. The normalized spacial score (nSPS) is 13.1. The zero-order chi connectivity index (χ0) is 32.8. The number of anilines is 1. The molecule has 0 spiro atoms. The summed E-state index contributed by atoms with van der Waals surface area (Å²) < 4.78 is 12.8. The van der Waals surface area contributed by atoms with Crippen molar-refractivity contribution in [2.45, 2.75) is 78.6 Å². The second-order valence-electron chi connectivity index (χ2n) is 11.7. The van der Waals surface area contributed by atoms with Gasteiger partial charge < -0.3 is 30.2 Å². The number of ether oxygens (including phenoxy) is 2. The number of aromatic hydroxyl groups is 1. The highest BCUT2D eigenvalue weighted by atomic mass is 16.7. The topological polar surface area (TPSA) is 146 Å². The van der Waals surface area contributed by atoms with E-state index in [1.54, 1.807) is 47.0 Å². The highest BCUT2D eigenvalue weighted by Gasteiger charge is 2.28. The Morgan fingerprint density at radius 3 is 2.52 bits per heavy atom. The molecule has 1 amide bonds. The van der Waals surface area contributed by atoms with Crippen LogP contribution in [0, 0.1) is 5.92 Å². The minimum absolute atomic E-state index is 0.00721. The van der Waals surface area contributed by atoms with Crippen molar-refractivity contribution >= 4 is 28.7 Å². The number of nitrogens with one attached hydrogen (secondary N) is 1. The second kappa shape index (κ2) is 14.6. The van der Waals surface area contributed by atoms with Gasteiger partial charge in [-0.05, 0) is 86.2 Å². The molecule has 0 bridgehead atoms. The first kappa shape index (κ1) is 32.7. The van der Waals surface area contributed by atoms with Crippen molar-refractivity contribution in [3.63, 3.8) is 0 Å². The van der Waals surface area contributed by atoms with Gasteiger partial charge in [0.1, 0.15) is 18.5 Å². The fourth-order valence-corrected chi connectivity index (χ4v) is 6.13. The maximum atomic E-state index is 13.3. The molecular formula is C36H42N4O6. The number of phenolic OH excluding ortho intramolecular Hbond substituents is 1. The SMILES string of the molecule is CCc1c2c(nc3ccc(O)cc13)-c1cc([C@H](CC)OC(=O)OCc3ccc(NC(=O)[C@@H](CC)CCCCN)cc3)cc(=O)n1C2. The number of rotatable bonds is 13. The van der Waals surface area contributed by atoms with Crippen molar-refractivity contribution in [2.24, 2.45) is 11.7 Å². The molecule has 10 nitrogen and oxygen atoms in total. The van der Waals surface area contributed by atoms with Crippen LogP contribution in [0.2, 0.25) is 0 Å². The maximum Gasteiger partial charge on any atom is 0.509 e. The predicted octanol–water partition coefficient (Wildman–Crippen LogP) is 6.59. The van der Waals surface area contributed by atoms with Gasteiger partial charge in [-0.25, -0.2) is 9.78 Å². The van der Waals surface area contributed by atoms with Crippen molar-refractivity contribution in [3.05, 3.63) is 87.2 Å². The van der Waals surface area contributed by atoms with Gasteiger partial charge in [-0.3, -0.25) is 9.59 Å². The van der Waals surface area contributed by atoms with Gasteiger partial charge in [-0.1, -0.05) is 39.3 Å². The fourth-order valence-electron chi connectivity index (χ4n) is 6.13. The van der Waals surface area contributed by atoms with Crippen LogP contribution in [0.25, 0.3) is 22.3 Å². The number of unbranched alkanes of at least 4 members (excludes halogenated alkanes) is 1. The van der Waals surface area contributed by atoms with E-state index in [0.29, 0.717) is 36.5 Å². The summed E-state index contributed by atoms with van der Waals surface area (Å²) in [6.45, 7) is 6.93. The van der Waals surface area contributed by atoms with E-state index in [4.69, 9.17) is 20.2 Å². The predicted molar refractivity (Wildman–Crippen MR) is 178 cm³/mol. The summed E-state index contributed by atoms with van der Waals surface area (Å²) in [5, 5.41) is 13.9. The molecule has 0 unspecified atom stereocenters. The lowest BCUT2D eigenvalue weighted by molar-refractivity contribution is -0.120. The summed E-state index contributed by atoms with van der Waals surface area (Å²) in [4.78, 5) is 43.5. The van der Waals surface area contributed by atoms with Crippen LogP contribution in [0.5, 0.6) is 5.75 Å². The van der Waals surface area contributed by atoms with Crippen LogP contribution in [0.15, 0.2) is 59.4 Å². The first-order valence-corrected chi connectivity index (χ1v) is 16.1. The van der Waals surface area contributed by atoms with Crippen molar-refractivity contribution in [1.82, 2.24) is 9.55 Å². The second-order valence-corrected chi connectivity index (χ2v) is 11.7. The first-order valence-electron chi connectivity index (χ1n) is 16.1. The van der Waals surface area contributed by atoms with Gasteiger partial charge in [0.15, 0.2) is 0 Å². The third-order valence-corrected chi connectivity index (χ3v) is 8.68. The quantitative estimate of drug-likeness (QED) is 0.0980. The zero-order valence-electron chi connectivity index (χ0n) is 26.7. The monoisotopic (exact) mass is 626 g/mol. The molecule has 4 aromatic rings. The molecule has 4 N–H and O–H groups in total. The molecular weight excluding hydrogens is 584 g/mol. The van der Waals surface area contributed by atoms with Crippen LogP contribution in [0.1, 0.15) is 81.2 Å². The lowest BCUT2D eigenvalue weighted by Crippen LogP contribution is -2.22. The highest BCUT2D eigenvalue weighted by Crippen LogP contribution is 2.37. The molecule has 10 heteroatoms. The van der Waals surface area contributed by atoms with E-state index in [1.807, 2.05) is 26.8 Å². The molecule has 2 atom stereocenters. The molecule has 2 aromatic heterocycles. The van der Waals surface area contributed by atoms with E-state index >= 15 is 0 Å². The smallest absolute Gasteiger partial charge is 0.508 e. The Morgan fingerprint density at radius 1 is 1.04 bits per heavy atom.